The molecule has 0 unspecified atom stereocenters. The second-order valence-corrected chi connectivity index (χ2v) is 9.04. The molecule has 2 aromatic rings. The third kappa shape index (κ3) is 9.34. The first-order valence-electron chi connectivity index (χ1n) is 9.80. The van der Waals surface area contributed by atoms with Gasteiger partial charge in [0.1, 0.15) is 12.4 Å². The van der Waals surface area contributed by atoms with Crippen molar-refractivity contribution < 1.29 is 13.2 Å². The maximum Gasteiger partial charge on any atom is 0.191 e. The van der Waals surface area contributed by atoms with Crippen LogP contribution in [0.3, 0.4) is 0 Å². The van der Waals surface area contributed by atoms with E-state index >= 15 is 0 Å². The average Bonchev–Trinajstić information content (AvgIpc) is 2.64. The number of aryl methyl sites for hydroxylation is 2. The molecule has 0 aliphatic carbocycles. The van der Waals surface area contributed by atoms with Gasteiger partial charge in [-0.2, -0.15) is 0 Å². The van der Waals surface area contributed by atoms with Crippen LogP contribution in [-0.2, 0) is 16.3 Å². The molecule has 0 radical (unpaired) electrons. The quantitative estimate of drug-likeness (QED) is 0.218. The van der Waals surface area contributed by atoms with E-state index in [1.54, 1.807) is 24.3 Å². The van der Waals surface area contributed by atoms with Crippen molar-refractivity contribution in [1.29, 1.82) is 0 Å². The van der Waals surface area contributed by atoms with Crippen LogP contribution in [0.15, 0.2) is 52.4 Å². The molecule has 2 aromatic carbocycles. The molecule has 2 N–H and O–H groups in total. The summed E-state index contributed by atoms with van der Waals surface area (Å²) in [4.78, 5) is 4.91. The Bertz CT molecular complexity index is 909. The predicted octanol–water partition coefficient (Wildman–Crippen LogP) is 3.50. The van der Waals surface area contributed by atoms with Crippen molar-refractivity contribution in [2.45, 2.75) is 32.1 Å². The lowest BCUT2D eigenvalue weighted by Crippen LogP contribution is -2.39. The van der Waals surface area contributed by atoms with Gasteiger partial charge in [-0.05, 0) is 57.0 Å². The van der Waals surface area contributed by atoms with E-state index in [4.69, 9.17) is 4.74 Å². The molecule has 0 saturated carbocycles. The minimum Gasteiger partial charge on any atom is -0.492 e. The van der Waals surface area contributed by atoms with Gasteiger partial charge in [-0.1, -0.05) is 29.3 Å². The van der Waals surface area contributed by atoms with Crippen LogP contribution in [0.5, 0.6) is 5.75 Å². The van der Waals surface area contributed by atoms with E-state index in [1.807, 2.05) is 6.92 Å². The van der Waals surface area contributed by atoms with Crippen LogP contribution in [0.1, 0.15) is 23.6 Å². The maximum absolute atomic E-state index is 11.5. The Morgan fingerprint density at radius 2 is 1.67 bits per heavy atom. The van der Waals surface area contributed by atoms with E-state index in [-0.39, 0.29) is 28.9 Å². The molecule has 0 atom stereocenters. The van der Waals surface area contributed by atoms with Gasteiger partial charge in [-0.25, -0.2) is 8.42 Å². The largest absolute Gasteiger partial charge is 0.492 e. The van der Waals surface area contributed by atoms with Gasteiger partial charge in [-0.3, -0.25) is 4.99 Å². The molecular formula is C22H32IN3O3S. The van der Waals surface area contributed by atoms with E-state index in [2.05, 4.69) is 47.7 Å². The molecule has 2 rings (SSSR count). The summed E-state index contributed by atoms with van der Waals surface area (Å²) in [7, 11) is -3.19. The third-order valence-electron chi connectivity index (χ3n) is 4.21. The van der Waals surface area contributed by atoms with Gasteiger partial charge in [0.15, 0.2) is 15.8 Å². The Morgan fingerprint density at radius 3 is 2.23 bits per heavy atom. The van der Waals surface area contributed by atoms with Crippen molar-refractivity contribution in [3.05, 3.63) is 59.2 Å². The number of nitrogens with zero attached hydrogens (tertiary/aromatic N) is 1. The molecule has 0 aromatic heterocycles. The number of sulfone groups is 1. The van der Waals surface area contributed by atoms with Crippen LogP contribution in [0.2, 0.25) is 0 Å². The highest BCUT2D eigenvalue weighted by Crippen LogP contribution is 2.15. The first-order valence-corrected chi connectivity index (χ1v) is 11.7. The minimum absolute atomic E-state index is 0. The summed E-state index contributed by atoms with van der Waals surface area (Å²) >= 11 is 0. The van der Waals surface area contributed by atoms with Crippen molar-refractivity contribution in [3.8, 4) is 5.75 Å². The van der Waals surface area contributed by atoms with Gasteiger partial charge >= 0.3 is 0 Å². The summed E-state index contributed by atoms with van der Waals surface area (Å²) in [6.45, 7) is 8.76. The predicted molar refractivity (Wildman–Crippen MR) is 134 cm³/mol. The molecule has 6 nitrogen and oxygen atoms in total. The number of benzene rings is 2. The van der Waals surface area contributed by atoms with Crippen molar-refractivity contribution >= 4 is 39.8 Å². The Kier molecular flexibility index (Phi) is 11.2. The molecule has 0 fully saturated rings. The summed E-state index contributed by atoms with van der Waals surface area (Å²) in [6.07, 6.45) is 2.08. The molecule has 0 aliphatic heterocycles. The molecule has 0 bridgehead atoms. The number of aliphatic imine (C=N–C) groups is 1. The first-order chi connectivity index (χ1) is 13.8. The fourth-order valence-electron chi connectivity index (χ4n) is 2.97. The second kappa shape index (κ2) is 12.8. The smallest absolute Gasteiger partial charge is 0.191 e. The fraction of sp³-hybridized carbons (Fsp3) is 0.409. The van der Waals surface area contributed by atoms with E-state index in [0.29, 0.717) is 25.4 Å². The number of halogens is 1. The van der Waals surface area contributed by atoms with Crippen LogP contribution < -0.4 is 15.4 Å². The zero-order chi connectivity index (χ0) is 21.3. The third-order valence-corrected chi connectivity index (χ3v) is 5.34. The molecule has 0 aliphatic rings. The van der Waals surface area contributed by atoms with Gasteiger partial charge in [0.2, 0.25) is 0 Å². The zero-order valence-corrected chi connectivity index (χ0v) is 21.2. The summed E-state index contributed by atoms with van der Waals surface area (Å²) in [5.74, 6) is 1.39. The summed E-state index contributed by atoms with van der Waals surface area (Å²) < 4.78 is 28.6. The number of ether oxygens (including phenoxy) is 1. The van der Waals surface area contributed by atoms with E-state index < -0.39 is 9.84 Å². The van der Waals surface area contributed by atoms with Crippen LogP contribution in [0.25, 0.3) is 0 Å². The molecule has 30 heavy (non-hydrogen) atoms. The number of rotatable bonds is 9. The minimum atomic E-state index is -3.19. The van der Waals surface area contributed by atoms with Crippen LogP contribution in [-0.4, -0.2) is 46.9 Å². The van der Waals surface area contributed by atoms with Crippen molar-refractivity contribution in [1.82, 2.24) is 10.6 Å². The molecule has 166 valence electrons. The van der Waals surface area contributed by atoms with Crippen LogP contribution in [0, 0.1) is 13.8 Å². The van der Waals surface area contributed by atoms with E-state index in [0.717, 1.165) is 18.9 Å². The molecule has 0 spiro atoms. The SMILES string of the molecule is CCNC(=NCCc1cc(C)cc(C)c1)NCCOc1ccc(S(C)(=O)=O)cc1.I. The Labute approximate surface area is 197 Å². The van der Waals surface area contributed by atoms with Gasteiger partial charge in [0.25, 0.3) is 0 Å². The number of nitrogens with one attached hydrogen (secondary N) is 2. The van der Waals surface area contributed by atoms with Gasteiger partial charge in [-0.15, -0.1) is 24.0 Å². The molecule has 0 heterocycles. The number of hydrogen-bond donors (Lipinski definition) is 2. The molecule has 0 saturated heterocycles. The number of hydrogen-bond acceptors (Lipinski definition) is 4. The Balaban J connectivity index is 0.00000450. The maximum atomic E-state index is 11.5. The highest BCUT2D eigenvalue weighted by molar-refractivity contribution is 14.0. The Morgan fingerprint density at radius 1 is 1.03 bits per heavy atom. The Hall–Kier alpha value is -1.81. The number of guanidine groups is 1. The summed E-state index contributed by atoms with van der Waals surface area (Å²) in [6, 6.07) is 13.0. The lowest BCUT2D eigenvalue weighted by molar-refractivity contribution is 0.321. The monoisotopic (exact) mass is 545 g/mol. The van der Waals surface area contributed by atoms with Crippen molar-refractivity contribution in [3.63, 3.8) is 0 Å². The van der Waals surface area contributed by atoms with Gasteiger partial charge < -0.3 is 15.4 Å². The van der Waals surface area contributed by atoms with Crippen LogP contribution in [0.4, 0.5) is 0 Å². The van der Waals surface area contributed by atoms with Crippen molar-refractivity contribution in [2.75, 3.05) is 32.5 Å². The topological polar surface area (TPSA) is 79.8 Å². The summed E-state index contributed by atoms with van der Waals surface area (Å²) in [5.41, 5.74) is 3.84. The second-order valence-electron chi connectivity index (χ2n) is 7.03. The van der Waals surface area contributed by atoms with Crippen LogP contribution >= 0.6 is 24.0 Å². The molecule has 0 amide bonds. The zero-order valence-electron chi connectivity index (χ0n) is 18.1. The molecular weight excluding hydrogens is 513 g/mol. The van der Waals surface area contributed by atoms with Gasteiger partial charge in [0, 0.05) is 19.3 Å². The molecule has 8 heteroatoms. The lowest BCUT2D eigenvalue weighted by atomic mass is 10.1. The first kappa shape index (κ1) is 26.2. The normalized spacial score (nSPS) is 11.5. The van der Waals surface area contributed by atoms with E-state index in [1.165, 1.54) is 22.9 Å². The highest BCUT2D eigenvalue weighted by Gasteiger charge is 2.06. The fourth-order valence-corrected chi connectivity index (χ4v) is 3.60. The summed E-state index contributed by atoms with van der Waals surface area (Å²) in [5, 5.41) is 6.48. The van der Waals surface area contributed by atoms with E-state index in [9.17, 15) is 8.42 Å². The van der Waals surface area contributed by atoms with Crippen molar-refractivity contribution in [2.24, 2.45) is 4.99 Å². The standard InChI is InChI=1S/C22H31N3O3S.HI/c1-5-23-22(24-11-10-19-15-17(2)14-18(3)16-19)25-12-13-28-20-6-8-21(9-7-20)29(4,26)27;/h6-9,14-16H,5,10-13H2,1-4H3,(H2,23,24,25);1H. The average molecular weight is 545 g/mol. The lowest BCUT2D eigenvalue weighted by Gasteiger charge is -2.12. The van der Waals surface area contributed by atoms with Gasteiger partial charge in [0.05, 0.1) is 11.4 Å². The highest BCUT2D eigenvalue weighted by atomic mass is 127.